The lowest BCUT2D eigenvalue weighted by Gasteiger charge is -2.03. The highest BCUT2D eigenvalue weighted by molar-refractivity contribution is 5.43. The molecule has 0 rings (SSSR count). The third kappa shape index (κ3) is 19.2. The molecule has 128 valence electrons. The molecule has 0 aliphatic heterocycles. The van der Waals surface area contributed by atoms with E-state index >= 15 is 0 Å². The first-order valence-corrected chi connectivity index (χ1v) is 9.86. The summed E-state index contributed by atoms with van der Waals surface area (Å²) < 4.78 is 0. The summed E-state index contributed by atoms with van der Waals surface area (Å²) in [6.07, 6.45) is 25.2. The Morgan fingerprint density at radius 3 is 1.32 bits per heavy atom. The van der Waals surface area contributed by atoms with Crippen molar-refractivity contribution in [3.8, 4) is 0 Å². The summed E-state index contributed by atoms with van der Waals surface area (Å²) in [5.74, 6) is 1.67. The summed E-state index contributed by atoms with van der Waals surface area (Å²) in [6, 6.07) is 0. The maximum absolute atomic E-state index is 9.91. The summed E-state index contributed by atoms with van der Waals surface area (Å²) in [4.78, 5) is 9.91. The number of allylic oxidation sites excluding steroid dienone is 1. The Hall–Kier alpha value is -0.770. The quantitative estimate of drug-likeness (QED) is 0.158. The molecule has 0 aliphatic carbocycles. The van der Waals surface area contributed by atoms with Crippen LogP contribution < -0.4 is 0 Å². The topological polar surface area (TPSA) is 17.1 Å². The fourth-order valence-electron chi connectivity index (χ4n) is 2.91. The molecular formula is C21H38O. The molecule has 0 atom stereocenters. The van der Waals surface area contributed by atoms with E-state index in [0.29, 0.717) is 0 Å². The first-order valence-electron chi connectivity index (χ1n) is 9.86. The number of rotatable bonds is 17. The minimum atomic E-state index is 0.980. The van der Waals surface area contributed by atoms with Crippen molar-refractivity contribution in [3.05, 3.63) is 11.8 Å². The minimum absolute atomic E-state index is 0.980. The Bertz CT molecular complexity index is 282. The zero-order valence-electron chi connectivity index (χ0n) is 15.0. The maximum atomic E-state index is 9.91. The van der Waals surface area contributed by atoms with Crippen LogP contribution in [0.1, 0.15) is 116 Å². The van der Waals surface area contributed by atoms with Gasteiger partial charge in [0.2, 0.25) is 0 Å². The molecule has 0 aromatic carbocycles. The summed E-state index contributed by atoms with van der Waals surface area (Å²) >= 11 is 0. The maximum Gasteiger partial charge on any atom is 0.176 e. The highest BCUT2D eigenvalue weighted by Crippen LogP contribution is 2.13. The lowest BCUT2D eigenvalue weighted by molar-refractivity contribution is 0.530. The van der Waals surface area contributed by atoms with Gasteiger partial charge in [0.1, 0.15) is 0 Å². The molecule has 0 aliphatic rings. The van der Waals surface area contributed by atoms with Gasteiger partial charge in [0, 0.05) is 0 Å². The second-order valence-corrected chi connectivity index (χ2v) is 6.54. The predicted octanol–water partition coefficient (Wildman–Crippen LogP) is 7.18. The molecule has 1 nitrogen and oxygen atoms in total. The molecular weight excluding hydrogens is 268 g/mol. The number of carbonyl (C=O) groups excluding carboxylic acids is 1. The second-order valence-electron chi connectivity index (χ2n) is 6.54. The van der Waals surface area contributed by atoms with Crippen molar-refractivity contribution in [1.82, 2.24) is 0 Å². The third-order valence-electron chi connectivity index (χ3n) is 4.36. The molecule has 0 fully saturated rings. The first-order chi connectivity index (χ1) is 10.9. The van der Waals surface area contributed by atoms with E-state index in [1.165, 1.54) is 103 Å². The van der Waals surface area contributed by atoms with Crippen LogP contribution in [0.4, 0.5) is 0 Å². The van der Waals surface area contributed by atoms with Gasteiger partial charge in [0.05, 0.1) is 0 Å². The van der Waals surface area contributed by atoms with E-state index in [1.54, 1.807) is 12.0 Å². The van der Waals surface area contributed by atoms with Crippen molar-refractivity contribution in [2.24, 2.45) is 0 Å². The molecule has 0 spiro atoms. The van der Waals surface area contributed by atoms with Crippen LogP contribution in [-0.2, 0) is 4.79 Å². The average Bonchev–Trinajstić information content (AvgIpc) is 2.54. The molecule has 22 heavy (non-hydrogen) atoms. The minimum Gasteiger partial charge on any atom is -0.224 e. The van der Waals surface area contributed by atoms with Gasteiger partial charge in [-0.2, -0.15) is 0 Å². The Kier molecular flexibility index (Phi) is 19.5. The van der Waals surface area contributed by atoms with Gasteiger partial charge in [0.25, 0.3) is 0 Å². The normalized spacial score (nSPS) is 10.2. The van der Waals surface area contributed by atoms with Gasteiger partial charge in [-0.25, -0.2) is 4.79 Å². The van der Waals surface area contributed by atoms with E-state index < -0.39 is 0 Å². The first kappa shape index (κ1) is 21.2. The van der Waals surface area contributed by atoms with Crippen LogP contribution in [0.25, 0.3) is 0 Å². The summed E-state index contributed by atoms with van der Waals surface area (Å²) in [7, 11) is 0. The van der Waals surface area contributed by atoms with E-state index in [1.807, 2.05) is 0 Å². The van der Waals surface area contributed by atoms with E-state index in [2.05, 4.69) is 12.7 Å². The molecule has 1 heteroatoms. The smallest absolute Gasteiger partial charge is 0.176 e. The van der Waals surface area contributed by atoms with Crippen LogP contribution in [0.3, 0.4) is 0 Å². The van der Waals surface area contributed by atoms with E-state index in [9.17, 15) is 4.79 Å². The van der Waals surface area contributed by atoms with E-state index in [4.69, 9.17) is 0 Å². The molecule has 0 saturated heterocycles. The highest BCUT2D eigenvalue weighted by Gasteiger charge is 1.94. The fraction of sp³-hybridized carbons (Fsp3) is 0.857. The van der Waals surface area contributed by atoms with Gasteiger partial charge in [-0.3, -0.25) is 0 Å². The molecule has 0 amide bonds. The summed E-state index contributed by atoms with van der Waals surface area (Å²) in [5, 5.41) is 0. The SMILES string of the molecule is CCCCCCCCCCCCCCCCCCC=C=C=O. The lowest BCUT2D eigenvalue weighted by Crippen LogP contribution is -1.83. The molecule has 0 bridgehead atoms. The number of unbranched alkanes of at least 4 members (excludes halogenated alkanes) is 16. The molecule has 0 radical (unpaired) electrons. The number of hydrogen-bond donors (Lipinski definition) is 0. The largest absolute Gasteiger partial charge is 0.224 e. The van der Waals surface area contributed by atoms with Gasteiger partial charge in [0.15, 0.2) is 5.94 Å². The Morgan fingerprint density at radius 1 is 0.591 bits per heavy atom. The van der Waals surface area contributed by atoms with Crippen LogP contribution in [0.2, 0.25) is 0 Å². The Morgan fingerprint density at radius 2 is 0.955 bits per heavy atom. The van der Waals surface area contributed by atoms with Crippen LogP contribution >= 0.6 is 0 Å². The van der Waals surface area contributed by atoms with Gasteiger partial charge >= 0.3 is 0 Å². The molecule has 0 aromatic heterocycles. The van der Waals surface area contributed by atoms with Crippen molar-refractivity contribution in [1.29, 1.82) is 0 Å². The van der Waals surface area contributed by atoms with Gasteiger partial charge in [-0.15, -0.1) is 0 Å². The zero-order valence-corrected chi connectivity index (χ0v) is 15.0. The zero-order chi connectivity index (χ0) is 16.1. The van der Waals surface area contributed by atoms with Gasteiger partial charge in [-0.1, -0.05) is 103 Å². The lowest BCUT2D eigenvalue weighted by atomic mass is 10.0. The average molecular weight is 307 g/mol. The van der Waals surface area contributed by atoms with Crippen molar-refractivity contribution in [3.63, 3.8) is 0 Å². The summed E-state index contributed by atoms with van der Waals surface area (Å²) in [6.45, 7) is 2.28. The number of hydrogen-bond acceptors (Lipinski definition) is 1. The van der Waals surface area contributed by atoms with Crippen molar-refractivity contribution < 1.29 is 4.79 Å². The van der Waals surface area contributed by atoms with Crippen molar-refractivity contribution in [2.75, 3.05) is 0 Å². The van der Waals surface area contributed by atoms with Crippen LogP contribution in [0.5, 0.6) is 0 Å². The van der Waals surface area contributed by atoms with Crippen molar-refractivity contribution in [2.45, 2.75) is 116 Å². The van der Waals surface area contributed by atoms with E-state index in [0.717, 1.165) is 6.42 Å². The van der Waals surface area contributed by atoms with Crippen LogP contribution in [0, 0.1) is 0 Å². The van der Waals surface area contributed by atoms with E-state index in [-0.39, 0.29) is 0 Å². The predicted molar refractivity (Wildman–Crippen MR) is 97.9 cm³/mol. The molecule has 0 unspecified atom stereocenters. The van der Waals surface area contributed by atoms with Crippen LogP contribution in [-0.4, -0.2) is 5.94 Å². The van der Waals surface area contributed by atoms with Gasteiger partial charge in [-0.05, 0) is 24.6 Å². The molecule has 0 saturated carbocycles. The second kappa shape index (κ2) is 20.2. The Labute approximate surface area is 139 Å². The highest BCUT2D eigenvalue weighted by atomic mass is 16.1. The molecule has 0 N–H and O–H groups in total. The van der Waals surface area contributed by atoms with Crippen molar-refractivity contribution >= 4 is 5.94 Å². The standard InChI is InChI=1S/C21H38O/c1-2-3-4-5-6-7-8-9-10-11-12-13-14-15-16-17-18-19-20-21-22/h19H,2-18H2,1H3. The molecule has 0 heterocycles. The van der Waals surface area contributed by atoms with Crippen LogP contribution in [0.15, 0.2) is 11.8 Å². The molecule has 0 aromatic rings. The fourth-order valence-corrected chi connectivity index (χ4v) is 2.91. The monoisotopic (exact) mass is 306 g/mol. The third-order valence-corrected chi connectivity index (χ3v) is 4.36. The Balaban J connectivity index is 2.99. The van der Waals surface area contributed by atoms with Gasteiger partial charge < -0.3 is 0 Å². The summed E-state index contributed by atoms with van der Waals surface area (Å²) in [5.41, 5.74) is 2.47.